The Morgan fingerprint density at radius 3 is 2.52 bits per heavy atom. The molecular weight excluding hydrogens is 296 g/mol. The number of nitrogen functional groups attached to an aromatic ring is 1. The molecule has 1 rings (SSSR count). The molecule has 0 fully saturated rings. The molecule has 0 unspecified atom stereocenters. The molecular formula is C12H22N4O4S. The van der Waals surface area contributed by atoms with Crippen molar-refractivity contribution in [2.24, 2.45) is 0 Å². The molecule has 1 aromatic heterocycles. The first-order valence-electron chi connectivity index (χ1n) is 6.80. The molecule has 0 aliphatic carbocycles. The van der Waals surface area contributed by atoms with Gasteiger partial charge in [0.25, 0.3) is 5.56 Å². The highest BCUT2D eigenvalue weighted by Crippen LogP contribution is 2.10. The first kappa shape index (κ1) is 17.3. The molecule has 0 saturated carbocycles. The van der Waals surface area contributed by atoms with Crippen LogP contribution < -0.4 is 22.3 Å². The minimum atomic E-state index is -3.04. The van der Waals surface area contributed by atoms with Crippen molar-refractivity contribution in [2.45, 2.75) is 32.7 Å². The number of sulfone groups is 1. The Bertz CT molecular complexity index is 690. The molecule has 0 aliphatic rings. The summed E-state index contributed by atoms with van der Waals surface area (Å²) in [7, 11) is -3.04. The third-order valence-corrected chi connectivity index (χ3v) is 4.00. The fourth-order valence-corrected chi connectivity index (χ4v) is 2.51. The van der Waals surface area contributed by atoms with E-state index in [2.05, 4.69) is 10.3 Å². The van der Waals surface area contributed by atoms with Gasteiger partial charge in [-0.05, 0) is 12.8 Å². The highest BCUT2D eigenvalue weighted by molar-refractivity contribution is 7.90. The molecule has 0 amide bonds. The molecule has 8 nitrogen and oxygen atoms in total. The van der Waals surface area contributed by atoms with Crippen LogP contribution in [0.2, 0.25) is 0 Å². The summed E-state index contributed by atoms with van der Waals surface area (Å²) in [5.41, 5.74) is 4.84. The minimum absolute atomic E-state index is 0.0211. The zero-order valence-electron chi connectivity index (χ0n) is 12.3. The van der Waals surface area contributed by atoms with E-state index in [1.807, 2.05) is 6.92 Å². The summed E-state index contributed by atoms with van der Waals surface area (Å²) in [6, 6.07) is 0. The van der Waals surface area contributed by atoms with Gasteiger partial charge in [-0.15, -0.1) is 0 Å². The predicted molar refractivity (Wildman–Crippen MR) is 83.5 cm³/mol. The fraction of sp³-hybridized carbons (Fsp3) is 0.667. The Labute approximate surface area is 123 Å². The van der Waals surface area contributed by atoms with Crippen molar-refractivity contribution in [3.8, 4) is 0 Å². The number of aromatic nitrogens is 2. The highest BCUT2D eigenvalue weighted by atomic mass is 32.2. The van der Waals surface area contributed by atoms with Crippen molar-refractivity contribution >= 4 is 21.3 Å². The van der Waals surface area contributed by atoms with Crippen molar-refractivity contribution < 1.29 is 8.42 Å². The van der Waals surface area contributed by atoms with Crippen molar-refractivity contribution in [3.05, 3.63) is 20.8 Å². The molecule has 0 radical (unpaired) electrons. The maximum atomic E-state index is 11.7. The third kappa shape index (κ3) is 5.25. The maximum Gasteiger partial charge on any atom is 0.330 e. The number of unbranched alkanes of at least 4 members (excludes halogenated alkanes) is 1. The van der Waals surface area contributed by atoms with Crippen LogP contribution in [0.1, 0.15) is 26.2 Å². The molecule has 0 aromatic carbocycles. The number of aromatic amines is 1. The van der Waals surface area contributed by atoms with Crippen molar-refractivity contribution in [1.82, 2.24) is 9.55 Å². The zero-order chi connectivity index (χ0) is 16.0. The normalized spacial score (nSPS) is 11.5. The van der Waals surface area contributed by atoms with Gasteiger partial charge in [0.1, 0.15) is 21.3 Å². The van der Waals surface area contributed by atoms with E-state index in [4.69, 9.17) is 5.73 Å². The summed E-state index contributed by atoms with van der Waals surface area (Å²) < 4.78 is 23.4. The van der Waals surface area contributed by atoms with E-state index in [1.165, 1.54) is 4.57 Å². The number of H-pyrrole nitrogens is 1. The second-order valence-corrected chi connectivity index (χ2v) is 7.19. The number of hydrogen-bond donors (Lipinski definition) is 3. The minimum Gasteiger partial charge on any atom is -0.383 e. The molecule has 0 atom stereocenters. The first-order valence-corrected chi connectivity index (χ1v) is 8.86. The summed E-state index contributed by atoms with van der Waals surface area (Å²) >= 11 is 0. The predicted octanol–water partition coefficient (Wildman–Crippen LogP) is -0.234. The van der Waals surface area contributed by atoms with Crippen LogP contribution in [0.5, 0.6) is 0 Å². The van der Waals surface area contributed by atoms with E-state index in [-0.39, 0.29) is 23.8 Å². The second kappa shape index (κ2) is 7.30. The van der Waals surface area contributed by atoms with Gasteiger partial charge in [0.05, 0.1) is 5.75 Å². The van der Waals surface area contributed by atoms with Crippen LogP contribution in [0.15, 0.2) is 9.59 Å². The van der Waals surface area contributed by atoms with Crippen molar-refractivity contribution in [2.75, 3.05) is 29.6 Å². The third-order valence-electron chi connectivity index (χ3n) is 2.97. The van der Waals surface area contributed by atoms with E-state index in [9.17, 15) is 18.0 Å². The average molecular weight is 318 g/mol. The smallest absolute Gasteiger partial charge is 0.330 e. The van der Waals surface area contributed by atoms with Crippen molar-refractivity contribution in [1.29, 1.82) is 0 Å². The number of nitrogens with zero attached hydrogens (tertiary/aromatic N) is 1. The lowest BCUT2D eigenvalue weighted by molar-refractivity contribution is 0.599. The standard InChI is InChI=1S/C12H22N4O4S/c1-3-4-7-16-10(13)9(11(17)15-12(16)18)14-6-5-8-21(2,19)20/h14H,3-8,13H2,1-2H3,(H,15,17,18). The summed E-state index contributed by atoms with van der Waals surface area (Å²) in [5.74, 6) is 0.101. The van der Waals surface area contributed by atoms with Crippen molar-refractivity contribution in [3.63, 3.8) is 0 Å². The molecule has 9 heteroatoms. The lowest BCUT2D eigenvalue weighted by Crippen LogP contribution is -2.34. The topological polar surface area (TPSA) is 127 Å². The number of hydrogen-bond acceptors (Lipinski definition) is 6. The second-order valence-electron chi connectivity index (χ2n) is 4.93. The highest BCUT2D eigenvalue weighted by Gasteiger charge is 2.11. The van der Waals surface area contributed by atoms with Crippen LogP contribution in [0.4, 0.5) is 11.5 Å². The molecule has 0 spiro atoms. The summed E-state index contributed by atoms with van der Waals surface area (Å²) in [6.45, 7) is 2.69. The van der Waals surface area contributed by atoms with E-state index >= 15 is 0 Å². The Kier molecular flexibility index (Phi) is 6.01. The van der Waals surface area contributed by atoms with Gasteiger partial charge in [0.15, 0.2) is 0 Å². The van der Waals surface area contributed by atoms with Gasteiger partial charge in [-0.3, -0.25) is 14.3 Å². The molecule has 4 N–H and O–H groups in total. The number of nitrogens with one attached hydrogen (secondary N) is 2. The summed E-state index contributed by atoms with van der Waals surface area (Å²) in [5, 5.41) is 2.80. The Morgan fingerprint density at radius 2 is 1.95 bits per heavy atom. The molecule has 1 aromatic rings. The number of nitrogens with two attached hydrogens (primary N) is 1. The molecule has 0 saturated heterocycles. The van der Waals surface area contributed by atoms with Gasteiger partial charge >= 0.3 is 5.69 Å². The maximum absolute atomic E-state index is 11.7. The average Bonchev–Trinajstić information content (AvgIpc) is 2.36. The SMILES string of the molecule is CCCCn1c(N)c(NCCCS(C)(=O)=O)c(=O)[nH]c1=O. The molecule has 0 aliphatic heterocycles. The molecule has 0 bridgehead atoms. The van der Waals surface area contributed by atoms with E-state index in [1.54, 1.807) is 0 Å². The lowest BCUT2D eigenvalue weighted by Gasteiger charge is -2.13. The van der Waals surface area contributed by atoms with Crippen LogP contribution in [0.3, 0.4) is 0 Å². The Balaban J connectivity index is 2.87. The Morgan fingerprint density at radius 1 is 1.29 bits per heavy atom. The van der Waals surface area contributed by atoms with E-state index in [0.29, 0.717) is 13.0 Å². The monoisotopic (exact) mass is 318 g/mol. The summed E-state index contributed by atoms with van der Waals surface area (Å²) in [6.07, 6.45) is 3.16. The van der Waals surface area contributed by atoms with Gasteiger partial charge in [0.2, 0.25) is 0 Å². The number of rotatable bonds is 8. The van der Waals surface area contributed by atoms with Gasteiger partial charge in [0, 0.05) is 19.3 Å². The quantitative estimate of drug-likeness (QED) is 0.568. The van der Waals surface area contributed by atoms with Gasteiger partial charge < -0.3 is 11.1 Å². The molecule has 1 heterocycles. The molecule has 21 heavy (non-hydrogen) atoms. The van der Waals surface area contributed by atoms with Gasteiger partial charge in [-0.1, -0.05) is 13.3 Å². The first-order chi connectivity index (χ1) is 9.76. The van der Waals surface area contributed by atoms with E-state index < -0.39 is 21.1 Å². The fourth-order valence-electron chi connectivity index (χ4n) is 1.84. The largest absolute Gasteiger partial charge is 0.383 e. The van der Waals surface area contributed by atoms with Crippen LogP contribution >= 0.6 is 0 Å². The van der Waals surface area contributed by atoms with Crippen LogP contribution in [0.25, 0.3) is 0 Å². The Hall–Kier alpha value is -1.77. The van der Waals surface area contributed by atoms with Gasteiger partial charge in [-0.25, -0.2) is 13.2 Å². The van der Waals surface area contributed by atoms with Crippen LogP contribution in [0, 0.1) is 0 Å². The van der Waals surface area contributed by atoms with Gasteiger partial charge in [-0.2, -0.15) is 0 Å². The summed E-state index contributed by atoms with van der Waals surface area (Å²) in [4.78, 5) is 25.7. The van der Waals surface area contributed by atoms with Crippen LogP contribution in [-0.2, 0) is 16.4 Å². The van der Waals surface area contributed by atoms with E-state index in [0.717, 1.165) is 19.1 Å². The lowest BCUT2D eigenvalue weighted by atomic mass is 10.3. The zero-order valence-corrected chi connectivity index (χ0v) is 13.1. The number of anilines is 2. The van der Waals surface area contributed by atoms with Crippen LogP contribution in [-0.4, -0.2) is 36.5 Å². The molecule has 120 valence electrons.